The lowest BCUT2D eigenvalue weighted by atomic mass is 9.98. The van der Waals surface area contributed by atoms with Gasteiger partial charge in [-0.3, -0.25) is 13.9 Å². The summed E-state index contributed by atoms with van der Waals surface area (Å²) in [5, 5.41) is 16.5. The molecule has 0 amide bonds. The van der Waals surface area contributed by atoms with Gasteiger partial charge in [-0.15, -0.1) is 0 Å². The fourth-order valence-electron chi connectivity index (χ4n) is 4.17. The molecule has 1 saturated heterocycles. The number of esters is 1. The van der Waals surface area contributed by atoms with Crippen LogP contribution in [0.25, 0.3) is 11.2 Å². The molecule has 1 aliphatic heterocycles. The third kappa shape index (κ3) is 6.18. The summed E-state index contributed by atoms with van der Waals surface area (Å²) in [5.74, 6) is -0.204. The van der Waals surface area contributed by atoms with E-state index in [0.717, 1.165) is 13.3 Å². The first-order valence-corrected chi connectivity index (χ1v) is 14.1. The molecular weight excluding hydrogens is 548 g/mol. The van der Waals surface area contributed by atoms with Gasteiger partial charge in [0.15, 0.2) is 28.9 Å². The van der Waals surface area contributed by atoms with Crippen LogP contribution in [0.15, 0.2) is 36.7 Å². The summed E-state index contributed by atoms with van der Waals surface area (Å²) < 4.78 is 52.6. The topological polar surface area (TPSA) is 185 Å². The maximum absolute atomic E-state index is 16.0. The van der Waals surface area contributed by atoms with Crippen molar-refractivity contribution in [2.24, 2.45) is 0 Å². The molecule has 0 spiro atoms. The second-order valence-corrected chi connectivity index (χ2v) is 11.1. The van der Waals surface area contributed by atoms with Crippen molar-refractivity contribution in [3.05, 3.63) is 36.7 Å². The first-order chi connectivity index (χ1) is 19.0. The van der Waals surface area contributed by atoms with E-state index in [-0.39, 0.29) is 17.3 Å². The number of halogens is 1. The Balaban J connectivity index is 1.57. The molecule has 3 heterocycles. The molecule has 14 nitrogen and oxygen atoms in total. The number of methoxy groups -OCH3 is 1. The molecular formula is C24H33FN7O7P. The van der Waals surface area contributed by atoms with Crippen molar-refractivity contribution in [1.29, 1.82) is 0 Å². The molecule has 1 fully saturated rings. The Hall–Kier alpha value is -3.36. The zero-order valence-electron chi connectivity index (χ0n) is 22.5. The molecule has 16 heteroatoms. The average Bonchev–Trinajstić information content (AvgIpc) is 3.43. The van der Waals surface area contributed by atoms with Crippen molar-refractivity contribution >= 4 is 36.6 Å². The van der Waals surface area contributed by atoms with E-state index in [0.29, 0.717) is 17.9 Å². The number of carbonyl (C=O) groups is 1. The number of aliphatic hydroxyl groups excluding tert-OH is 1. The maximum Gasteiger partial charge on any atom is 0.459 e. The number of anilines is 2. The molecule has 2 unspecified atom stereocenters. The summed E-state index contributed by atoms with van der Waals surface area (Å²) in [6, 6.07) is 7.04. The number of nitrogens with zero attached hydrogens (tertiary/aromatic N) is 4. The number of hydrogen-bond acceptors (Lipinski definition) is 12. The normalized spacial score (nSPS) is 24.9. The van der Waals surface area contributed by atoms with Gasteiger partial charge in [-0.1, -0.05) is 25.1 Å². The Labute approximate surface area is 230 Å². The van der Waals surface area contributed by atoms with Crippen LogP contribution in [0.1, 0.15) is 33.4 Å². The number of aromatic nitrogens is 4. The summed E-state index contributed by atoms with van der Waals surface area (Å²) in [6.45, 7) is 4.59. The minimum atomic E-state index is -4.26. The van der Waals surface area contributed by atoms with Crippen LogP contribution >= 0.6 is 7.75 Å². The van der Waals surface area contributed by atoms with Gasteiger partial charge in [0.1, 0.15) is 24.0 Å². The largest absolute Gasteiger partial charge is 0.468 e. The number of nitrogen functional groups attached to an aromatic ring is 1. The van der Waals surface area contributed by atoms with Crippen LogP contribution in [-0.4, -0.2) is 74.8 Å². The Bertz CT molecular complexity index is 1380. The number of para-hydroxylation sites is 1. The quantitative estimate of drug-likeness (QED) is 0.181. The monoisotopic (exact) mass is 581 g/mol. The van der Waals surface area contributed by atoms with Crippen molar-refractivity contribution in [3.63, 3.8) is 0 Å². The van der Waals surface area contributed by atoms with E-state index in [2.05, 4.69) is 30.1 Å². The van der Waals surface area contributed by atoms with Gasteiger partial charge in [-0.2, -0.15) is 15.1 Å². The number of alkyl halides is 1. The molecule has 0 saturated carbocycles. The van der Waals surface area contributed by atoms with E-state index < -0.39 is 50.5 Å². The highest BCUT2D eigenvalue weighted by molar-refractivity contribution is 7.52. The zero-order valence-corrected chi connectivity index (χ0v) is 23.4. The van der Waals surface area contributed by atoms with E-state index in [4.69, 9.17) is 19.5 Å². The number of imidazole rings is 1. The Kier molecular flexibility index (Phi) is 8.90. The van der Waals surface area contributed by atoms with Crippen LogP contribution < -0.4 is 20.7 Å². The van der Waals surface area contributed by atoms with Crippen LogP contribution in [-0.2, 0) is 23.4 Å². The molecule has 1 aromatic carbocycles. The maximum atomic E-state index is 16.0. The molecule has 2 aromatic heterocycles. The molecule has 0 aliphatic carbocycles. The lowest BCUT2D eigenvalue weighted by Gasteiger charge is -2.25. The lowest BCUT2D eigenvalue weighted by molar-refractivity contribution is -0.142. The standard InChI is InChI=1S/C24H33FN7O7P/c1-5-11-27-19-17-20(30-23(26)29-19)32(13-28-17)22-24(3,25)18(33)16(38-22)12-37-40(35,31-14(2)21(34)36-4)39-15-9-7-6-8-10-15/h6-10,13-14,16,18,22,33H,5,11-12H2,1-4H3,(H,31,35)(H3,26,27,29,30)/t14-,16+,18+,22+,24?,40?/m0/s1. The number of hydrogen-bond donors (Lipinski definition) is 4. The van der Waals surface area contributed by atoms with Crippen LogP contribution in [0.3, 0.4) is 0 Å². The van der Waals surface area contributed by atoms with Crippen LogP contribution in [0, 0.1) is 0 Å². The second kappa shape index (κ2) is 12.0. The van der Waals surface area contributed by atoms with Gasteiger partial charge < -0.3 is 30.2 Å². The third-order valence-electron chi connectivity index (χ3n) is 6.23. The van der Waals surface area contributed by atoms with E-state index in [1.54, 1.807) is 18.2 Å². The molecule has 4 rings (SSSR count). The number of carbonyl (C=O) groups excluding carboxylic acids is 1. The van der Waals surface area contributed by atoms with Crippen LogP contribution in [0.4, 0.5) is 16.2 Å². The Morgan fingerprint density at radius 2 is 2.08 bits per heavy atom. The highest BCUT2D eigenvalue weighted by Gasteiger charge is 2.56. The first-order valence-electron chi connectivity index (χ1n) is 12.6. The van der Waals surface area contributed by atoms with E-state index in [1.807, 2.05) is 6.92 Å². The predicted molar refractivity (Wildman–Crippen MR) is 143 cm³/mol. The van der Waals surface area contributed by atoms with Crippen molar-refractivity contribution < 1.29 is 37.4 Å². The summed E-state index contributed by atoms with van der Waals surface area (Å²) in [4.78, 5) is 24.6. The lowest BCUT2D eigenvalue weighted by Crippen LogP contribution is -2.41. The van der Waals surface area contributed by atoms with Gasteiger partial charge in [-0.05, 0) is 32.4 Å². The minimum absolute atomic E-state index is 0.0587. The van der Waals surface area contributed by atoms with Gasteiger partial charge >= 0.3 is 13.7 Å². The minimum Gasteiger partial charge on any atom is -0.468 e. The fourth-order valence-corrected chi connectivity index (χ4v) is 5.67. The van der Waals surface area contributed by atoms with Gasteiger partial charge in [0.05, 0.1) is 20.0 Å². The molecule has 218 valence electrons. The number of nitrogens with one attached hydrogen (secondary N) is 2. The third-order valence-corrected chi connectivity index (χ3v) is 7.88. The zero-order chi connectivity index (χ0) is 29.1. The van der Waals surface area contributed by atoms with Gasteiger partial charge in [0.2, 0.25) is 5.95 Å². The summed E-state index contributed by atoms with van der Waals surface area (Å²) in [7, 11) is -3.08. The predicted octanol–water partition coefficient (Wildman–Crippen LogP) is 2.57. The Morgan fingerprint density at radius 3 is 2.75 bits per heavy atom. The van der Waals surface area contributed by atoms with Gasteiger partial charge in [0, 0.05) is 6.54 Å². The van der Waals surface area contributed by atoms with Crippen LogP contribution in [0.5, 0.6) is 5.75 Å². The van der Waals surface area contributed by atoms with E-state index >= 15 is 4.39 Å². The number of rotatable bonds is 12. The summed E-state index contributed by atoms with van der Waals surface area (Å²) in [6.07, 6.45) is -2.27. The molecule has 40 heavy (non-hydrogen) atoms. The number of fused-ring (bicyclic) bond motifs is 1. The number of aliphatic hydroxyl groups is 1. The highest BCUT2D eigenvalue weighted by atomic mass is 31.2. The summed E-state index contributed by atoms with van der Waals surface area (Å²) >= 11 is 0. The smallest absolute Gasteiger partial charge is 0.459 e. The Morgan fingerprint density at radius 1 is 1.35 bits per heavy atom. The second-order valence-electron chi connectivity index (χ2n) is 9.38. The number of nitrogens with two attached hydrogens (primary N) is 1. The molecule has 5 N–H and O–H groups in total. The van der Waals surface area contributed by atoms with Crippen molar-refractivity contribution in [1.82, 2.24) is 24.6 Å². The number of benzene rings is 1. The van der Waals surface area contributed by atoms with Gasteiger partial charge in [-0.25, -0.2) is 13.9 Å². The van der Waals surface area contributed by atoms with Crippen molar-refractivity contribution in [2.45, 2.75) is 57.3 Å². The van der Waals surface area contributed by atoms with E-state index in [9.17, 15) is 14.5 Å². The fraction of sp³-hybridized carbons (Fsp3) is 0.500. The SMILES string of the molecule is CCCNc1nc(N)nc2c1ncn2[C@@H]1O[C@H](COP(=O)(N[C@@H](C)C(=O)OC)Oc2ccccc2)[C@@H](O)C1(C)F. The van der Waals surface area contributed by atoms with Crippen molar-refractivity contribution in [2.75, 3.05) is 31.3 Å². The average molecular weight is 582 g/mol. The number of ether oxygens (including phenoxy) is 2. The molecule has 0 radical (unpaired) electrons. The van der Waals surface area contributed by atoms with Crippen molar-refractivity contribution in [3.8, 4) is 5.75 Å². The van der Waals surface area contributed by atoms with E-state index in [1.165, 1.54) is 37.1 Å². The summed E-state index contributed by atoms with van der Waals surface area (Å²) in [5.41, 5.74) is 4.07. The van der Waals surface area contributed by atoms with Gasteiger partial charge in [0.25, 0.3) is 0 Å². The molecule has 3 aromatic rings. The first kappa shape index (κ1) is 29.6. The molecule has 1 aliphatic rings. The van der Waals surface area contributed by atoms with Crippen LogP contribution in [0.2, 0.25) is 0 Å². The molecule has 0 bridgehead atoms. The highest BCUT2D eigenvalue weighted by Crippen LogP contribution is 2.48. The molecule has 6 atom stereocenters.